The number of aromatic nitrogens is 2. The first kappa shape index (κ1) is 9.65. The van der Waals surface area contributed by atoms with Gasteiger partial charge in [0.15, 0.2) is 6.29 Å². The van der Waals surface area contributed by atoms with Crippen molar-refractivity contribution in [3.63, 3.8) is 0 Å². The van der Waals surface area contributed by atoms with E-state index in [-0.39, 0.29) is 0 Å². The van der Waals surface area contributed by atoms with Gasteiger partial charge in [-0.25, -0.2) is 4.98 Å². The second-order valence-electron chi connectivity index (χ2n) is 3.24. The Bertz CT molecular complexity index is 460. The third kappa shape index (κ3) is 1.68. The molecule has 76 valence electrons. The molecule has 3 heteroatoms. The molecular weight excluding hydrogens is 188 g/mol. The Morgan fingerprint density at radius 3 is 2.80 bits per heavy atom. The van der Waals surface area contributed by atoms with Crippen molar-refractivity contribution in [1.29, 1.82) is 0 Å². The summed E-state index contributed by atoms with van der Waals surface area (Å²) in [7, 11) is 0. The molecular formula is C12H12N2O. The van der Waals surface area contributed by atoms with Crippen molar-refractivity contribution in [2.45, 2.75) is 13.3 Å². The van der Waals surface area contributed by atoms with Crippen molar-refractivity contribution in [3.05, 3.63) is 47.9 Å². The van der Waals surface area contributed by atoms with Crippen molar-refractivity contribution < 1.29 is 4.79 Å². The van der Waals surface area contributed by atoms with Crippen LogP contribution in [0.25, 0.3) is 5.82 Å². The highest BCUT2D eigenvalue weighted by atomic mass is 16.1. The molecule has 2 heterocycles. The topological polar surface area (TPSA) is 34.9 Å². The Hall–Kier alpha value is -1.90. The van der Waals surface area contributed by atoms with Crippen LogP contribution in [0.1, 0.15) is 23.1 Å². The quantitative estimate of drug-likeness (QED) is 0.712. The summed E-state index contributed by atoms with van der Waals surface area (Å²) in [6, 6.07) is 9.45. The zero-order chi connectivity index (χ0) is 10.7. The monoisotopic (exact) mass is 200 g/mol. The van der Waals surface area contributed by atoms with Crippen LogP contribution in [-0.4, -0.2) is 15.8 Å². The molecule has 0 saturated carbocycles. The molecule has 3 nitrogen and oxygen atoms in total. The molecule has 0 unspecified atom stereocenters. The lowest BCUT2D eigenvalue weighted by atomic mass is 10.3. The van der Waals surface area contributed by atoms with Gasteiger partial charge in [-0.1, -0.05) is 13.0 Å². The van der Waals surface area contributed by atoms with Gasteiger partial charge in [-0.05, 0) is 30.7 Å². The minimum atomic E-state index is 0.644. The van der Waals surface area contributed by atoms with Gasteiger partial charge in [-0.3, -0.25) is 9.36 Å². The molecule has 2 aromatic heterocycles. The van der Waals surface area contributed by atoms with E-state index in [1.54, 1.807) is 6.20 Å². The SMILES string of the molecule is CCc1ccc(C=O)n1-c1ccccn1. The predicted octanol–water partition coefficient (Wildman–Crippen LogP) is 2.25. The fourth-order valence-corrected chi connectivity index (χ4v) is 1.63. The van der Waals surface area contributed by atoms with Crippen LogP contribution in [0.4, 0.5) is 0 Å². The van der Waals surface area contributed by atoms with E-state index in [0.29, 0.717) is 5.69 Å². The lowest BCUT2D eigenvalue weighted by Crippen LogP contribution is -2.04. The largest absolute Gasteiger partial charge is 0.296 e. The van der Waals surface area contributed by atoms with E-state index >= 15 is 0 Å². The molecule has 0 radical (unpaired) electrons. The van der Waals surface area contributed by atoms with Crippen LogP contribution in [0, 0.1) is 0 Å². The first-order valence-electron chi connectivity index (χ1n) is 4.94. The lowest BCUT2D eigenvalue weighted by molar-refractivity contribution is 0.111. The van der Waals surface area contributed by atoms with Gasteiger partial charge in [0, 0.05) is 11.9 Å². The van der Waals surface area contributed by atoms with Gasteiger partial charge in [-0.2, -0.15) is 0 Å². The lowest BCUT2D eigenvalue weighted by Gasteiger charge is -2.07. The van der Waals surface area contributed by atoms with Crippen molar-refractivity contribution in [2.24, 2.45) is 0 Å². The second kappa shape index (κ2) is 4.09. The summed E-state index contributed by atoms with van der Waals surface area (Å²) in [5, 5.41) is 0. The number of carbonyl (C=O) groups is 1. The minimum Gasteiger partial charge on any atom is -0.296 e. The number of aryl methyl sites for hydroxylation is 1. The summed E-state index contributed by atoms with van der Waals surface area (Å²) in [5.74, 6) is 0.793. The molecule has 0 aliphatic rings. The molecule has 0 aromatic carbocycles. The highest BCUT2D eigenvalue weighted by Gasteiger charge is 2.08. The van der Waals surface area contributed by atoms with Crippen molar-refractivity contribution in [2.75, 3.05) is 0 Å². The fraction of sp³-hybridized carbons (Fsp3) is 0.167. The highest BCUT2D eigenvalue weighted by molar-refractivity contribution is 5.74. The van der Waals surface area contributed by atoms with Crippen molar-refractivity contribution in [1.82, 2.24) is 9.55 Å². The molecule has 0 aliphatic carbocycles. The number of nitrogens with zero attached hydrogens (tertiary/aromatic N) is 2. The summed E-state index contributed by atoms with van der Waals surface area (Å²) in [6.45, 7) is 2.06. The third-order valence-corrected chi connectivity index (χ3v) is 2.35. The van der Waals surface area contributed by atoms with Crippen LogP contribution in [-0.2, 0) is 6.42 Å². The standard InChI is InChI=1S/C12H12N2O/c1-2-10-6-7-11(9-15)14(10)12-5-3-4-8-13-12/h3-9H,2H2,1H3. The molecule has 0 amide bonds. The van der Waals surface area contributed by atoms with Crippen LogP contribution in [0.15, 0.2) is 36.5 Å². The van der Waals surface area contributed by atoms with Crippen LogP contribution in [0.3, 0.4) is 0 Å². The van der Waals surface area contributed by atoms with Gasteiger partial charge in [-0.15, -0.1) is 0 Å². The zero-order valence-electron chi connectivity index (χ0n) is 8.55. The Kier molecular flexibility index (Phi) is 2.63. The first-order valence-corrected chi connectivity index (χ1v) is 4.94. The predicted molar refractivity (Wildman–Crippen MR) is 58.3 cm³/mol. The number of rotatable bonds is 3. The van der Waals surface area contributed by atoms with E-state index in [9.17, 15) is 4.79 Å². The Labute approximate surface area is 88.4 Å². The summed E-state index contributed by atoms with van der Waals surface area (Å²) >= 11 is 0. The van der Waals surface area contributed by atoms with Crippen LogP contribution in [0.5, 0.6) is 0 Å². The number of hydrogen-bond donors (Lipinski definition) is 0. The third-order valence-electron chi connectivity index (χ3n) is 2.35. The number of pyridine rings is 1. The molecule has 2 aromatic rings. The van der Waals surface area contributed by atoms with Gasteiger partial charge in [0.05, 0.1) is 5.69 Å². The molecule has 0 bridgehead atoms. The number of carbonyl (C=O) groups excluding carboxylic acids is 1. The maximum Gasteiger partial charge on any atom is 0.166 e. The fourth-order valence-electron chi connectivity index (χ4n) is 1.63. The first-order chi connectivity index (χ1) is 7.36. The van der Waals surface area contributed by atoms with Gasteiger partial charge < -0.3 is 0 Å². The normalized spacial score (nSPS) is 10.2. The molecule has 0 fully saturated rings. The Morgan fingerprint density at radius 1 is 1.33 bits per heavy atom. The van der Waals surface area contributed by atoms with Crippen LogP contribution < -0.4 is 0 Å². The summed E-state index contributed by atoms with van der Waals surface area (Å²) in [4.78, 5) is 15.1. The van der Waals surface area contributed by atoms with Gasteiger partial charge in [0.25, 0.3) is 0 Å². The van der Waals surface area contributed by atoms with E-state index in [2.05, 4.69) is 11.9 Å². The van der Waals surface area contributed by atoms with Crippen LogP contribution in [0.2, 0.25) is 0 Å². The smallest absolute Gasteiger partial charge is 0.166 e. The highest BCUT2D eigenvalue weighted by Crippen LogP contribution is 2.14. The Morgan fingerprint density at radius 2 is 2.20 bits per heavy atom. The summed E-state index contributed by atoms with van der Waals surface area (Å²) in [6.07, 6.45) is 3.46. The summed E-state index contributed by atoms with van der Waals surface area (Å²) < 4.78 is 1.88. The molecule has 0 aliphatic heterocycles. The van der Waals surface area contributed by atoms with Crippen molar-refractivity contribution >= 4 is 6.29 Å². The van der Waals surface area contributed by atoms with E-state index in [4.69, 9.17) is 0 Å². The van der Waals surface area contributed by atoms with Gasteiger partial charge >= 0.3 is 0 Å². The Balaban J connectivity index is 2.59. The molecule has 2 rings (SSSR count). The number of aldehydes is 1. The van der Waals surface area contributed by atoms with E-state index in [1.807, 2.05) is 34.9 Å². The van der Waals surface area contributed by atoms with Crippen LogP contribution >= 0.6 is 0 Å². The minimum absolute atomic E-state index is 0.644. The van der Waals surface area contributed by atoms with Crippen molar-refractivity contribution in [3.8, 4) is 5.82 Å². The zero-order valence-corrected chi connectivity index (χ0v) is 8.55. The molecule has 0 atom stereocenters. The molecule has 0 saturated heterocycles. The average molecular weight is 200 g/mol. The molecule has 0 spiro atoms. The van der Waals surface area contributed by atoms with E-state index in [0.717, 1.165) is 24.2 Å². The summed E-state index contributed by atoms with van der Waals surface area (Å²) in [5.41, 5.74) is 1.74. The molecule has 0 N–H and O–H groups in total. The maximum absolute atomic E-state index is 10.9. The number of hydrogen-bond acceptors (Lipinski definition) is 2. The maximum atomic E-state index is 10.9. The second-order valence-corrected chi connectivity index (χ2v) is 3.24. The van der Waals surface area contributed by atoms with Gasteiger partial charge in [0.2, 0.25) is 0 Å². The average Bonchev–Trinajstić information content (AvgIpc) is 2.72. The van der Waals surface area contributed by atoms with Gasteiger partial charge in [0.1, 0.15) is 5.82 Å². The van der Waals surface area contributed by atoms with E-state index < -0.39 is 0 Å². The molecule has 15 heavy (non-hydrogen) atoms. The van der Waals surface area contributed by atoms with E-state index in [1.165, 1.54) is 0 Å².